The standard InChI is InChI=1S/C13H15ClF2N2OS/c1-8(3-4-20(2)19)18-11-6-9(15)5-10(16)13(11)17-12(18)7-14/h5-6,8H,3-4,7H2,1-2H3. The topological polar surface area (TPSA) is 34.9 Å². The number of fused-ring (bicyclic) bond motifs is 1. The van der Waals surface area contributed by atoms with Crippen molar-refractivity contribution < 1.29 is 13.0 Å². The van der Waals surface area contributed by atoms with E-state index in [1.807, 2.05) is 6.92 Å². The van der Waals surface area contributed by atoms with Gasteiger partial charge in [0.05, 0.1) is 11.4 Å². The SMILES string of the molecule is CC(CCS(C)=O)n1c(CCl)nc2c(F)cc(F)cc21. The van der Waals surface area contributed by atoms with Gasteiger partial charge >= 0.3 is 0 Å². The number of imidazole rings is 1. The number of benzene rings is 1. The number of nitrogens with zero attached hydrogens (tertiary/aromatic N) is 2. The molecule has 0 spiro atoms. The lowest BCUT2D eigenvalue weighted by atomic mass is 10.2. The number of rotatable bonds is 5. The van der Waals surface area contributed by atoms with E-state index in [0.717, 1.165) is 6.07 Å². The molecule has 1 aromatic carbocycles. The van der Waals surface area contributed by atoms with Crippen molar-refractivity contribution in [2.75, 3.05) is 12.0 Å². The monoisotopic (exact) mass is 320 g/mol. The van der Waals surface area contributed by atoms with Crippen LogP contribution >= 0.6 is 11.6 Å². The second-order valence-electron chi connectivity index (χ2n) is 4.70. The minimum Gasteiger partial charge on any atom is -0.324 e. The molecule has 1 heterocycles. The number of hydrogen-bond donors (Lipinski definition) is 0. The number of aromatic nitrogens is 2. The lowest BCUT2D eigenvalue weighted by Crippen LogP contribution is -2.11. The van der Waals surface area contributed by atoms with Crippen LogP contribution in [0.15, 0.2) is 12.1 Å². The highest BCUT2D eigenvalue weighted by Gasteiger charge is 2.18. The van der Waals surface area contributed by atoms with Crippen molar-refractivity contribution in [1.82, 2.24) is 9.55 Å². The fourth-order valence-corrected chi connectivity index (χ4v) is 3.08. The van der Waals surface area contributed by atoms with E-state index in [2.05, 4.69) is 4.98 Å². The largest absolute Gasteiger partial charge is 0.324 e. The molecule has 2 unspecified atom stereocenters. The van der Waals surface area contributed by atoms with Gasteiger partial charge in [-0.05, 0) is 19.4 Å². The number of hydrogen-bond acceptors (Lipinski definition) is 2. The first kappa shape index (κ1) is 15.4. The molecular formula is C13H15ClF2N2OS. The molecule has 0 saturated heterocycles. The van der Waals surface area contributed by atoms with Crippen molar-refractivity contribution >= 4 is 33.4 Å². The molecule has 0 radical (unpaired) electrons. The zero-order chi connectivity index (χ0) is 14.9. The fraction of sp³-hybridized carbons (Fsp3) is 0.462. The summed E-state index contributed by atoms with van der Waals surface area (Å²) in [7, 11) is -0.914. The molecule has 0 fully saturated rings. The van der Waals surface area contributed by atoms with Gasteiger partial charge < -0.3 is 4.57 Å². The highest BCUT2D eigenvalue weighted by atomic mass is 35.5. The van der Waals surface area contributed by atoms with Crippen molar-refractivity contribution in [2.24, 2.45) is 0 Å². The second kappa shape index (κ2) is 6.18. The highest BCUT2D eigenvalue weighted by molar-refractivity contribution is 7.84. The summed E-state index contributed by atoms with van der Waals surface area (Å²) in [5.41, 5.74) is 0.499. The summed E-state index contributed by atoms with van der Waals surface area (Å²) in [6.45, 7) is 1.90. The Morgan fingerprint density at radius 2 is 2.15 bits per heavy atom. The minimum atomic E-state index is -0.914. The fourth-order valence-electron chi connectivity index (χ4n) is 2.22. The maximum Gasteiger partial charge on any atom is 0.153 e. The molecule has 2 atom stereocenters. The van der Waals surface area contributed by atoms with Crippen LogP contribution in [0.2, 0.25) is 0 Å². The molecule has 110 valence electrons. The molecule has 3 nitrogen and oxygen atoms in total. The Bertz CT molecular complexity index is 659. The van der Waals surface area contributed by atoms with E-state index in [1.54, 1.807) is 10.8 Å². The summed E-state index contributed by atoms with van der Waals surface area (Å²) in [6.07, 6.45) is 2.25. The van der Waals surface area contributed by atoms with E-state index in [4.69, 9.17) is 11.6 Å². The normalized spacial score (nSPS) is 14.7. The van der Waals surface area contributed by atoms with Gasteiger partial charge in [0.2, 0.25) is 0 Å². The summed E-state index contributed by atoms with van der Waals surface area (Å²) in [4.78, 5) is 4.13. The first-order valence-electron chi connectivity index (χ1n) is 6.16. The smallest absolute Gasteiger partial charge is 0.153 e. The molecule has 0 aliphatic heterocycles. The van der Waals surface area contributed by atoms with E-state index in [9.17, 15) is 13.0 Å². The third-order valence-electron chi connectivity index (χ3n) is 3.17. The van der Waals surface area contributed by atoms with Gasteiger partial charge in [-0.3, -0.25) is 4.21 Å². The second-order valence-corrected chi connectivity index (χ2v) is 6.52. The van der Waals surface area contributed by atoms with Crippen LogP contribution in [0.25, 0.3) is 11.0 Å². The van der Waals surface area contributed by atoms with Crippen LogP contribution in [0.5, 0.6) is 0 Å². The average Bonchev–Trinajstić information content (AvgIpc) is 2.74. The molecule has 2 aromatic rings. The van der Waals surface area contributed by atoms with Crippen LogP contribution in [0.4, 0.5) is 8.78 Å². The first-order valence-corrected chi connectivity index (χ1v) is 8.42. The number of alkyl halides is 1. The highest BCUT2D eigenvalue weighted by Crippen LogP contribution is 2.27. The van der Waals surface area contributed by atoms with Gasteiger partial charge in [0.15, 0.2) is 5.82 Å². The molecule has 1 aromatic heterocycles. The molecule has 0 bridgehead atoms. The van der Waals surface area contributed by atoms with E-state index in [1.165, 1.54) is 6.07 Å². The molecule has 0 N–H and O–H groups in total. The van der Waals surface area contributed by atoms with Crippen LogP contribution < -0.4 is 0 Å². The molecule has 0 saturated carbocycles. The van der Waals surface area contributed by atoms with Gasteiger partial charge in [-0.2, -0.15) is 0 Å². The zero-order valence-electron chi connectivity index (χ0n) is 11.2. The van der Waals surface area contributed by atoms with E-state index in [-0.39, 0.29) is 17.4 Å². The first-order chi connectivity index (χ1) is 9.43. The van der Waals surface area contributed by atoms with Crippen molar-refractivity contribution in [3.05, 3.63) is 29.6 Å². The summed E-state index contributed by atoms with van der Waals surface area (Å²) >= 11 is 5.84. The maximum absolute atomic E-state index is 13.7. The lowest BCUT2D eigenvalue weighted by Gasteiger charge is -2.16. The van der Waals surface area contributed by atoms with Gasteiger partial charge in [0.25, 0.3) is 0 Å². The molecule has 2 rings (SSSR count). The minimum absolute atomic E-state index is 0.0844. The third-order valence-corrected chi connectivity index (χ3v) is 4.22. The van der Waals surface area contributed by atoms with Gasteiger partial charge in [-0.1, -0.05) is 0 Å². The van der Waals surface area contributed by atoms with E-state index >= 15 is 0 Å². The van der Waals surface area contributed by atoms with Crippen LogP contribution in [-0.2, 0) is 16.7 Å². The van der Waals surface area contributed by atoms with Gasteiger partial charge in [0, 0.05) is 34.9 Å². The summed E-state index contributed by atoms with van der Waals surface area (Å²) in [6, 6.07) is 1.98. The molecule has 20 heavy (non-hydrogen) atoms. The maximum atomic E-state index is 13.7. The van der Waals surface area contributed by atoms with Crippen molar-refractivity contribution in [3.8, 4) is 0 Å². The third kappa shape index (κ3) is 3.01. The Morgan fingerprint density at radius 3 is 2.75 bits per heavy atom. The predicted molar refractivity (Wildman–Crippen MR) is 77.5 cm³/mol. The van der Waals surface area contributed by atoms with Gasteiger partial charge in [0.1, 0.15) is 17.2 Å². The molecule has 0 aliphatic carbocycles. The Kier molecular flexibility index (Phi) is 4.75. The van der Waals surface area contributed by atoms with Crippen LogP contribution in [-0.4, -0.2) is 25.8 Å². The summed E-state index contributed by atoms with van der Waals surface area (Å²) < 4.78 is 40.1. The van der Waals surface area contributed by atoms with Crippen molar-refractivity contribution in [2.45, 2.75) is 25.3 Å². The van der Waals surface area contributed by atoms with E-state index in [0.29, 0.717) is 23.5 Å². The Labute approximate surface area is 123 Å². The van der Waals surface area contributed by atoms with Gasteiger partial charge in [-0.15, -0.1) is 11.6 Å². The van der Waals surface area contributed by atoms with Gasteiger partial charge in [-0.25, -0.2) is 13.8 Å². The summed E-state index contributed by atoms with van der Waals surface area (Å²) in [5, 5.41) is 0. The van der Waals surface area contributed by atoms with Crippen molar-refractivity contribution in [3.63, 3.8) is 0 Å². The Hall–Kier alpha value is -1.01. The van der Waals surface area contributed by atoms with Crippen molar-refractivity contribution in [1.29, 1.82) is 0 Å². The molecule has 0 amide bonds. The molecular weight excluding hydrogens is 306 g/mol. The number of halogens is 3. The zero-order valence-corrected chi connectivity index (χ0v) is 12.8. The average molecular weight is 321 g/mol. The van der Waals surface area contributed by atoms with Crippen LogP contribution in [0.3, 0.4) is 0 Å². The lowest BCUT2D eigenvalue weighted by molar-refractivity contribution is 0.529. The Morgan fingerprint density at radius 1 is 1.45 bits per heavy atom. The molecule has 0 aliphatic rings. The predicted octanol–water partition coefficient (Wildman–Crippen LogP) is 3.38. The Balaban J connectivity index is 2.52. The molecule has 7 heteroatoms. The van der Waals surface area contributed by atoms with E-state index < -0.39 is 22.4 Å². The van der Waals surface area contributed by atoms with Crippen LogP contribution in [0.1, 0.15) is 25.2 Å². The van der Waals surface area contributed by atoms with Crippen LogP contribution in [0, 0.1) is 11.6 Å². The quantitative estimate of drug-likeness (QED) is 0.792. The summed E-state index contributed by atoms with van der Waals surface area (Å²) in [5.74, 6) is -0.240.